The first kappa shape index (κ1) is 20.7. The van der Waals surface area contributed by atoms with Gasteiger partial charge in [-0.1, -0.05) is 26.8 Å². The quantitative estimate of drug-likeness (QED) is 0.288. The average molecular weight is 430 g/mol. The van der Waals surface area contributed by atoms with E-state index < -0.39 is 23.2 Å². The van der Waals surface area contributed by atoms with Gasteiger partial charge >= 0.3 is 17.9 Å². The second kappa shape index (κ2) is 6.21. The molecule has 0 N–H and O–H groups in total. The minimum Gasteiger partial charge on any atom is -0.459 e. The van der Waals surface area contributed by atoms with E-state index in [-0.39, 0.29) is 47.4 Å². The van der Waals surface area contributed by atoms with Crippen LogP contribution in [0.1, 0.15) is 54.4 Å². The summed E-state index contributed by atoms with van der Waals surface area (Å²) in [5.41, 5.74) is 0.0879. The normalized spacial score (nSPS) is 46.2. The highest BCUT2D eigenvalue weighted by atomic mass is 16.7. The smallest absolute Gasteiger partial charge is 0.334 e. The van der Waals surface area contributed by atoms with Gasteiger partial charge < -0.3 is 18.9 Å². The van der Waals surface area contributed by atoms with Crippen LogP contribution in [0.3, 0.4) is 0 Å². The van der Waals surface area contributed by atoms with Crippen molar-refractivity contribution >= 4 is 17.9 Å². The van der Waals surface area contributed by atoms with Crippen molar-refractivity contribution < 1.29 is 33.3 Å². The molecule has 2 saturated carbocycles. The third kappa shape index (κ3) is 2.58. The first-order chi connectivity index (χ1) is 14.4. The summed E-state index contributed by atoms with van der Waals surface area (Å²) in [6.45, 7) is 11.1. The van der Waals surface area contributed by atoms with Crippen LogP contribution in [0.5, 0.6) is 0 Å². The molecule has 0 aromatic carbocycles. The molecule has 168 valence electrons. The molecule has 1 spiro atoms. The van der Waals surface area contributed by atoms with Gasteiger partial charge in [0, 0.05) is 36.3 Å². The van der Waals surface area contributed by atoms with Crippen LogP contribution in [0.25, 0.3) is 0 Å². The monoisotopic (exact) mass is 430 g/mol. The average Bonchev–Trinajstić information content (AvgIpc) is 3.33. The van der Waals surface area contributed by atoms with Crippen molar-refractivity contribution in [2.24, 2.45) is 22.7 Å². The Morgan fingerprint density at radius 2 is 1.74 bits per heavy atom. The zero-order valence-electron chi connectivity index (χ0n) is 18.9. The first-order valence-corrected chi connectivity index (χ1v) is 11.1. The Bertz CT molecular complexity index is 946. The van der Waals surface area contributed by atoms with Gasteiger partial charge in [0.2, 0.25) is 0 Å². The Morgan fingerprint density at radius 1 is 1.06 bits per heavy atom. The van der Waals surface area contributed by atoms with Gasteiger partial charge in [-0.15, -0.1) is 0 Å². The van der Waals surface area contributed by atoms with Crippen LogP contribution in [0.15, 0.2) is 23.3 Å². The van der Waals surface area contributed by atoms with Crippen molar-refractivity contribution in [2.45, 2.75) is 84.4 Å². The number of carbonyl (C=O) groups excluding carboxylic acids is 3. The molecule has 5 aliphatic rings. The molecule has 8 unspecified atom stereocenters. The molecular weight excluding hydrogens is 400 g/mol. The van der Waals surface area contributed by atoms with Gasteiger partial charge in [-0.2, -0.15) is 0 Å². The van der Waals surface area contributed by atoms with Crippen LogP contribution in [-0.4, -0.2) is 47.9 Å². The van der Waals surface area contributed by atoms with E-state index in [4.69, 9.17) is 18.9 Å². The minimum atomic E-state index is -0.725. The molecule has 3 fully saturated rings. The summed E-state index contributed by atoms with van der Waals surface area (Å²) in [6.07, 6.45) is 3.72. The number of fused-ring (bicyclic) bond motifs is 4. The molecule has 7 heteroatoms. The second-order valence-corrected chi connectivity index (χ2v) is 10.6. The van der Waals surface area contributed by atoms with Crippen LogP contribution in [-0.2, 0) is 33.3 Å². The molecule has 0 aromatic heterocycles. The van der Waals surface area contributed by atoms with Gasteiger partial charge in [-0.3, -0.25) is 9.59 Å². The topological polar surface area (TPSA) is 91.4 Å². The maximum Gasteiger partial charge on any atom is 0.334 e. The predicted octanol–water partition coefficient (Wildman–Crippen LogP) is 2.87. The molecule has 3 aliphatic carbocycles. The van der Waals surface area contributed by atoms with Crippen molar-refractivity contribution in [1.82, 2.24) is 0 Å². The van der Waals surface area contributed by atoms with Crippen LogP contribution in [0.2, 0.25) is 0 Å². The van der Waals surface area contributed by atoms with E-state index in [9.17, 15) is 14.4 Å². The van der Waals surface area contributed by atoms with Crippen molar-refractivity contribution in [2.75, 3.05) is 0 Å². The highest BCUT2D eigenvalue weighted by molar-refractivity contribution is 5.92. The molecule has 1 saturated heterocycles. The summed E-state index contributed by atoms with van der Waals surface area (Å²) >= 11 is 0. The molecule has 5 rings (SSSR count). The number of hydrogen-bond donors (Lipinski definition) is 0. The zero-order chi connectivity index (χ0) is 22.5. The number of epoxide rings is 1. The van der Waals surface area contributed by atoms with Crippen LogP contribution < -0.4 is 0 Å². The fourth-order valence-electron chi connectivity index (χ4n) is 7.27. The number of esters is 3. The summed E-state index contributed by atoms with van der Waals surface area (Å²) in [6, 6.07) is 0. The summed E-state index contributed by atoms with van der Waals surface area (Å²) in [5.74, 6) is -1.03. The minimum absolute atomic E-state index is 0.0721. The standard InChI is InChI=1S/C24H30O7/c1-11-19-14(30-21(11)27)9-16-23(6)15(22(4,5)8-7-17(23)28-12(2)25)10-18(29-13(3)26)24(16)20(19)31-24/h7-8,14-18,20H,9-10H2,1-6H3. The Morgan fingerprint density at radius 3 is 2.39 bits per heavy atom. The van der Waals surface area contributed by atoms with E-state index in [1.54, 1.807) is 6.92 Å². The zero-order valence-corrected chi connectivity index (χ0v) is 18.9. The molecule has 0 aromatic rings. The first-order valence-electron chi connectivity index (χ1n) is 11.1. The number of hydrogen-bond acceptors (Lipinski definition) is 7. The van der Waals surface area contributed by atoms with Crippen LogP contribution in [0.4, 0.5) is 0 Å². The van der Waals surface area contributed by atoms with Gasteiger partial charge in [0.25, 0.3) is 0 Å². The number of carbonyl (C=O) groups is 3. The number of ether oxygens (including phenoxy) is 4. The molecule has 31 heavy (non-hydrogen) atoms. The molecule has 2 heterocycles. The molecule has 0 amide bonds. The summed E-state index contributed by atoms with van der Waals surface area (Å²) in [5, 5.41) is 0. The van der Waals surface area contributed by atoms with Gasteiger partial charge in [0.15, 0.2) is 0 Å². The fourth-order valence-corrected chi connectivity index (χ4v) is 7.27. The lowest BCUT2D eigenvalue weighted by Gasteiger charge is -2.61. The largest absolute Gasteiger partial charge is 0.459 e. The fraction of sp³-hybridized carbons (Fsp3) is 0.708. The maximum atomic E-state index is 12.3. The van der Waals surface area contributed by atoms with Crippen molar-refractivity contribution in [3.63, 3.8) is 0 Å². The van der Waals surface area contributed by atoms with E-state index in [1.165, 1.54) is 13.8 Å². The van der Waals surface area contributed by atoms with Gasteiger partial charge in [-0.05, 0) is 37.2 Å². The van der Waals surface area contributed by atoms with Crippen LogP contribution >= 0.6 is 0 Å². The summed E-state index contributed by atoms with van der Waals surface area (Å²) < 4.78 is 23.8. The molecule has 0 radical (unpaired) electrons. The molecule has 2 aliphatic heterocycles. The summed E-state index contributed by atoms with van der Waals surface area (Å²) in [4.78, 5) is 36.4. The highest BCUT2D eigenvalue weighted by Crippen LogP contribution is 2.71. The summed E-state index contributed by atoms with van der Waals surface area (Å²) in [7, 11) is 0. The lowest BCUT2D eigenvalue weighted by Crippen LogP contribution is -2.66. The van der Waals surface area contributed by atoms with Gasteiger partial charge in [0.1, 0.15) is 30.0 Å². The van der Waals surface area contributed by atoms with Gasteiger partial charge in [-0.25, -0.2) is 4.79 Å². The van der Waals surface area contributed by atoms with E-state index >= 15 is 0 Å². The van der Waals surface area contributed by atoms with Crippen molar-refractivity contribution in [3.8, 4) is 0 Å². The van der Waals surface area contributed by atoms with Crippen molar-refractivity contribution in [1.29, 1.82) is 0 Å². The molecule has 7 nitrogen and oxygen atoms in total. The van der Waals surface area contributed by atoms with Crippen LogP contribution in [0, 0.1) is 22.7 Å². The molecule has 8 atom stereocenters. The third-order valence-electron chi connectivity index (χ3n) is 8.55. The van der Waals surface area contributed by atoms with E-state index in [1.807, 2.05) is 6.08 Å². The SMILES string of the molecule is CC(=O)OC1C=CC(C)(C)C2CC(OC(C)=O)C34OC3C3=C(C)C(=O)OC3CC4C12C. The highest BCUT2D eigenvalue weighted by Gasteiger charge is 2.80. The molecule has 0 bridgehead atoms. The lowest BCUT2D eigenvalue weighted by atomic mass is 9.44. The van der Waals surface area contributed by atoms with E-state index in [0.29, 0.717) is 18.4 Å². The second-order valence-electron chi connectivity index (χ2n) is 10.6. The van der Waals surface area contributed by atoms with Gasteiger partial charge in [0.05, 0.1) is 0 Å². The number of allylic oxidation sites excluding steroid dienone is 1. The van der Waals surface area contributed by atoms with E-state index in [0.717, 1.165) is 5.57 Å². The van der Waals surface area contributed by atoms with E-state index in [2.05, 4.69) is 26.8 Å². The lowest BCUT2D eigenvalue weighted by molar-refractivity contribution is -0.201. The Hall–Kier alpha value is -2.15. The Kier molecular flexibility index (Phi) is 4.16. The maximum absolute atomic E-state index is 12.3. The Labute approximate surface area is 182 Å². The third-order valence-corrected chi connectivity index (χ3v) is 8.55. The van der Waals surface area contributed by atoms with Crippen molar-refractivity contribution in [3.05, 3.63) is 23.3 Å². The number of rotatable bonds is 2. The predicted molar refractivity (Wildman–Crippen MR) is 109 cm³/mol. The Balaban J connectivity index is 1.66. The molecular formula is C24H30O7.